The summed E-state index contributed by atoms with van der Waals surface area (Å²) >= 11 is 6.03. The van der Waals surface area contributed by atoms with Gasteiger partial charge in [0.1, 0.15) is 5.82 Å². The molecule has 2 heterocycles. The minimum atomic E-state index is -0.114. The maximum absolute atomic E-state index is 12.5. The number of aromatic nitrogens is 2. The molecule has 1 aromatic heterocycles. The zero-order valence-corrected chi connectivity index (χ0v) is 14.6. The average Bonchev–Trinajstić information content (AvgIpc) is 2.92. The Bertz CT molecular complexity index is 744. The fourth-order valence-corrected chi connectivity index (χ4v) is 3.05. The molecule has 1 aromatic carbocycles. The molecule has 0 fully saturated rings. The van der Waals surface area contributed by atoms with Crippen molar-refractivity contribution in [2.24, 2.45) is 7.05 Å². The van der Waals surface area contributed by atoms with Gasteiger partial charge in [-0.1, -0.05) is 17.7 Å². The fraction of sp³-hybridized carbons (Fsp3) is 0.412. The second-order valence-corrected chi connectivity index (χ2v) is 6.34. The van der Waals surface area contributed by atoms with Gasteiger partial charge in [-0.15, -0.1) is 0 Å². The molecule has 0 bridgehead atoms. The third-order valence-electron chi connectivity index (χ3n) is 4.20. The van der Waals surface area contributed by atoms with Crippen LogP contribution in [0.25, 0.3) is 0 Å². The number of methoxy groups -OCH3 is 1. The molecule has 128 valence electrons. The second kappa shape index (κ2) is 7.23. The molecule has 0 atom stereocenters. The van der Waals surface area contributed by atoms with Crippen molar-refractivity contribution in [2.45, 2.75) is 19.4 Å². The van der Waals surface area contributed by atoms with Crippen molar-refractivity contribution in [3.63, 3.8) is 0 Å². The van der Waals surface area contributed by atoms with Crippen LogP contribution in [0.5, 0.6) is 0 Å². The van der Waals surface area contributed by atoms with Gasteiger partial charge in [0.05, 0.1) is 12.3 Å². The molecular weight excluding hydrogens is 328 g/mol. The van der Waals surface area contributed by atoms with E-state index in [0.717, 1.165) is 29.1 Å². The summed E-state index contributed by atoms with van der Waals surface area (Å²) in [5, 5.41) is 8.06. The van der Waals surface area contributed by atoms with E-state index >= 15 is 0 Å². The molecule has 7 heteroatoms. The number of halogens is 1. The monoisotopic (exact) mass is 348 g/mol. The van der Waals surface area contributed by atoms with Gasteiger partial charge >= 0.3 is 6.03 Å². The minimum absolute atomic E-state index is 0.114. The highest BCUT2D eigenvalue weighted by Gasteiger charge is 2.21. The summed E-state index contributed by atoms with van der Waals surface area (Å²) in [4.78, 5) is 14.3. The van der Waals surface area contributed by atoms with Gasteiger partial charge in [-0.2, -0.15) is 5.10 Å². The van der Waals surface area contributed by atoms with Crippen LogP contribution < -0.4 is 5.32 Å². The van der Waals surface area contributed by atoms with E-state index < -0.39 is 0 Å². The average molecular weight is 349 g/mol. The summed E-state index contributed by atoms with van der Waals surface area (Å²) < 4.78 is 6.74. The van der Waals surface area contributed by atoms with Gasteiger partial charge in [-0.3, -0.25) is 10.00 Å². The van der Waals surface area contributed by atoms with Crippen LogP contribution in [0.15, 0.2) is 24.3 Å². The number of nitrogens with zero attached hydrogens (tertiary/aromatic N) is 3. The summed E-state index contributed by atoms with van der Waals surface area (Å²) in [7, 11) is 3.48. The van der Waals surface area contributed by atoms with Crippen LogP contribution in [0.1, 0.15) is 16.8 Å². The van der Waals surface area contributed by atoms with E-state index in [0.29, 0.717) is 25.5 Å². The molecule has 2 amide bonds. The van der Waals surface area contributed by atoms with Gasteiger partial charge in [0.2, 0.25) is 0 Å². The van der Waals surface area contributed by atoms with Gasteiger partial charge in [0.25, 0.3) is 0 Å². The Morgan fingerprint density at radius 3 is 3.00 bits per heavy atom. The Morgan fingerprint density at radius 1 is 1.38 bits per heavy atom. The standard InChI is InChI=1S/C17H21ClN4O2/c1-21-16(10-15(20-21)6-8-24-2)19-17(23)22-7-5-12-9-14(18)4-3-13(12)11-22/h3-4,9-10H,5-8,11H2,1-2H3,(H,19,23). The number of nitrogens with one attached hydrogen (secondary N) is 1. The third kappa shape index (κ3) is 3.71. The van der Waals surface area contributed by atoms with Crippen molar-refractivity contribution >= 4 is 23.4 Å². The number of rotatable bonds is 4. The van der Waals surface area contributed by atoms with Crippen LogP contribution in [0, 0.1) is 0 Å². The normalized spacial score (nSPS) is 13.7. The molecule has 3 rings (SSSR count). The van der Waals surface area contributed by atoms with Gasteiger partial charge in [0.15, 0.2) is 0 Å². The van der Waals surface area contributed by atoms with Crippen LogP contribution in [-0.2, 0) is 31.2 Å². The Balaban J connectivity index is 1.65. The van der Waals surface area contributed by atoms with Crippen LogP contribution in [-0.4, -0.2) is 41.0 Å². The summed E-state index contributed by atoms with van der Waals surface area (Å²) in [6.45, 7) is 1.87. The third-order valence-corrected chi connectivity index (χ3v) is 4.43. The van der Waals surface area contributed by atoms with E-state index in [1.807, 2.05) is 31.3 Å². The van der Waals surface area contributed by atoms with Crippen molar-refractivity contribution < 1.29 is 9.53 Å². The smallest absolute Gasteiger partial charge is 0.323 e. The number of hydrogen-bond donors (Lipinski definition) is 1. The van der Waals surface area contributed by atoms with Crippen LogP contribution in [0.4, 0.5) is 10.6 Å². The molecule has 0 unspecified atom stereocenters. The molecule has 0 spiro atoms. The van der Waals surface area contributed by atoms with Crippen molar-refractivity contribution in [1.82, 2.24) is 14.7 Å². The number of fused-ring (bicyclic) bond motifs is 1. The Labute approximate surface area is 146 Å². The van der Waals surface area contributed by atoms with Gasteiger partial charge in [-0.05, 0) is 29.7 Å². The summed E-state index contributed by atoms with van der Waals surface area (Å²) in [6.07, 6.45) is 1.53. The summed E-state index contributed by atoms with van der Waals surface area (Å²) in [5.74, 6) is 0.688. The molecule has 1 aliphatic rings. The molecular formula is C17H21ClN4O2. The highest BCUT2D eigenvalue weighted by atomic mass is 35.5. The zero-order chi connectivity index (χ0) is 17.1. The number of aryl methyl sites for hydroxylation is 1. The largest absolute Gasteiger partial charge is 0.384 e. The quantitative estimate of drug-likeness (QED) is 0.924. The van der Waals surface area contributed by atoms with E-state index in [1.54, 1.807) is 16.7 Å². The lowest BCUT2D eigenvalue weighted by atomic mass is 10.0. The van der Waals surface area contributed by atoms with E-state index in [-0.39, 0.29) is 6.03 Å². The summed E-state index contributed by atoms with van der Waals surface area (Å²) in [5.41, 5.74) is 3.26. The van der Waals surface area contributed by atoms with Crippen molar-refractivity contribution in [3.05, 3.63) is 46.1 Å². The lowest BCUT2D eigenvalue weighted by Gasteiger charge is -2.29. The molecule has 24 heavy (non-hydrogen) atoms. The highest BCUT2D eigenvalue weighted by molar-refractivity contribution is 6.30. The number of ether oxygens (including phenoxy) is 1. The number of carbonyl (C=O) groups excluding carboxylic acids is 1. The first-order valence-corrected chi connectivity index (χ1v) is 8.29. The lowest BCUT2D eigenvalue weighted by Crippen LogP contribution is -2.39. The van der Waals surface area contributed by atoms with E-state index in [1.165, 1.54) is 5.56 Å². The zero-order valence-electron chi connectivity index (χ0n) is 13.9. The molecule has 6 nitrogen and oxygen atoms in total. The van der Waals surface area contributed by atoms with Crippen LogP contribution in [0.3, 0.4) is 0 Å². The molecule has 0 saturated heterocycles. The molecule has 0 saturated carbocycles. The van der Waals surface area contributed by atoms with Crippen molar-refractivity contribution in [2.75, 3.05) is 25.6 Å². The molecule has 2 aromatic rings. The maximum Gasteiger partial charge on any atom is 0.323 e. The number of carbonyl (C=O) groups is 1. The SMILES string of the molecule is COCCc1cc(NC(=O)N2CCc3cc(Cl)ccc3C2)n(C)n1. The van der Waals surface area contributed by atoms with Gasteiger partial charge in [0, 0.05) is 44.8 Å². The maximum atomic E-state index is 12.5. The predicted octanol–water partition coefficient (Wildman–Crippen LogP) is 2.85. The number of amides is 2. The number of hydrogen-bond acceptors (Lipinski definition) is 3. The van der Waals surface area contributed by atoms with Crippen molar-refractivity contribution in [1.29, 1.82) is 0 Å². The topological polar surface area (TPSA) is 59.4 Å². The predicted molar refractivity (Wildman–Crippen MR) is 93.4 cm³/mol. The minimum Gasteiger partial charge on any atom is -0.384 e. The van der Waals surface area contributed by atoms with Gasteiger partial charge < -0.3 is 9.64 Å². The summed E-state index contributed by atoms with van der Waals surface area (Å²) in [6, 6.07) is 7.61. The molecule has 0 radical (unpaired) electrons. The van der Waals surface area contributed by atoms with Crippen molar-refractivity contribution in [3.8, 4) is 0 Å². The number of urea groups is 1. The second-order valence-electron chi connectivity index (χ2n) is 5.90. The molecule has 0 aliphatic carbocycles. The lowest BCUT2D eigenvalue weighted by molar-refractivity contribution is 0.201. The van der Waals surface area contributed by atoms with Crippen LogP contribution in [0.2, 0.25) is 5.02 Å². The Morgan fingerprint density at radius 2 is 2.21 bits per heavy atom. The van der Waals surface area contributed by atoms with E-state index in [4.69, 9.17) is 16.3 Å². The number of anilines is 1. The van der Waals surface area contributed by atoms with Crippen LogP contribution >= 0.6 is 11.6 Å². The fourth-order valence-electron chi connectivity index (χ4n) is 2.86. The van der Waals surface area contributed by atoms with Gasteiger partial charge in [-0.25, -0.2) is 4.79 Å². The number of benzene rings is 1. The molecule has 1 aliphatic heterocycles. The first kappa shape index (κ1) is 16.8. The first-order chi connectivity index (χ1) is 11.6. The van der Waals surface area contributed by atoms with E-state index in [2.05, 4.69) is 10.4 Å². The highest BCUT2D eigenvalue weighted by Crippen LogP contribution is 2.23. The Kier molecular flexibility index (Phi) is 5.06. The first-order valence-electron chi connectivity index (χ1n) is 7.92. The molecule has 1 N–H and O–H groups in total. The van der Waals surface area contributed by atoms with E-state index in [9.17, 15) is 4.79 Å². The Hall–Kier alpha value is -2.05.